The van der Waals surface area contributed by atoms with Crippen LogP contribution in [-0.4, -0.2) is 31.1 Å². The highest BCUT2D eigenvalue weighted by Gasteiger charge is 2.44. The topological polar surface area (TPSA) is 149 Å². The summed E-state index contributed by atoms with van der Waals surface area (Å²) in [7, 11) is 2.15. The third-order valence-electron chi connectivity index (χ3n) is 5.07. The van der Waals surface area contributed by atoms with Crippen LogP contribution >= 0.6 is 23.2 Å². The summed E-state index contributed by atoms with van der Waals surface area (Å²) < 4.78 is 9.80. The molecule has 10 nitrogen and oxygen atoms in total. The van der Waals surface area contributed by atoms with Crippen molar-refractivity contribution in [2.75, 3.05) is 19.1 Å². The fourth-order valence-corrected chi connectivity index (χ4v) is 3.93. The van der Waals surface area contributed by atoms with Gasteiger partial charge in [-0.05, 0) is 11.6 Å². The number of halogens is 2. The second-order valence-corrected chi connectivity index (χ2v) is 7.66. The summed E-state index contributed by atoms with van der Waals surface area (Å²) in [4.78, 5) is 37.9. The normalized spacial score (nSPS) is 15.6. The predicted octanol–water partition coefficient (Wildman–Crippen LogP) is 3.80. The van der Waals surface area contributed by atoms with E-state index >= 15 is 0 Å². The molecule has 12 heteroatoms. The van der Waals surface area contributed by atoms with Gasteiger partial charge in [0.25, 0.3) is 5.69 Å². The van der Waals surface area contributed by atoms with E-state index in [4.69, 9.17) is 38.4 Å². The number of methoxy groups -OCH3 is 2. The Morgan fingerprint density at radius 1 is 1.12 bits per heavy atom. The van der Waals surface area contributed by atoms with Gasteiger partial charge in [0.2, 0.25) is 0 Å². The molecule has 2 aromatic carbocycles. The summed E-state index contributed by atoms with van der Waals surface area (Å²) >= 11 is 12.1. The molecule has 0 aliphatic carbocycles. The molecule has 34 heavy (non-hydrogen) atoms. The van der Waals surface area contributed by atoms with Crippen LogP contribution in [0.1, 0.15) is 11.5 Å². The van der Waals surface area contributed by atoms with E-state index < -0.39 is 34.2 Å². The minimum Gasteiger partial charge on any atom is -0.466 e. The molecule has 0 fully saturated rings. The number of nitro groups is 1. The Hall–Kier alpha value is -4.07. The van der Waals surface area contributed by atoms with Crippen LogP contribution in [0.2, 0.25) is 10.0 Å². The number of allylic oxidation sites excluding steroid dienone is 1. The van der Waals surface area contributed by atoms with Gasteiger partial charge in [-0.3, -0.25) is 15.0 Å². The highest BCUT2D eigenvalue weighted by Crippen LogP contribution is 2.46. The Balaban J connectivity index is 2.51. The molecule has 1 aliphatic heterocycles. The largest absolute Gasteiger partial charge is 0.466 e. The van der Waals surface area contributed by atoms with Gasteiger partial charge in [0.15, 0.2) is 0 Å². The van der Waals surface area contributed by atoms with E-state index in [9.17, 15) is 25.0 Å². The van der Waals surface area contributed by atoms with E-state index in [0.29, 0.717) is 5.56 Å². The molecule has 1 aliphatic rings. The van der Waals surface area contributed by atoms with Crippen molar-refractivity contribution in [2.24, 2.45) is 5.73 Å². The van der Waals surface area contributed by atoms with Crippen LogP contribution in [0.15, 0.2) is 65.1 Å². The van der Waals surface area contributed by atoms with E-state index in [-0.39, 0.29) is 32.7 Å². The molecule has 0 aromatic heterocycles. The summed E-state index contributed by atoms with van der Waals surface area (Å²) in [6.07, 6.45) is 0. The molecule has 0 radical (unpaired) electrons. The number of carbonyl (C=O) groups is 2. The Morgan fingerprint density at radius 3 is 2.24 bits per heavy atom. The molecule has 174 valence electrons. The lowest BCUT2D eigenvalue weighted by Gasteiger charge is -2.35. The molecule has 0 saturated heterocycles. The lowest BCUT2D eigenvalue weighted by atomic mass is 9.81. The van der Waals surface area contributed by atoms with Gasteiger partial charge in [0.1, 0.15) is 17.2 Å². The maximum Gasteiger partial charge on any atom is 0.355 e. The van der Waals surface area contributed by atoms with Crippen molar-refractivity contribution in [1.29, 1.82) is 5.26 Å². The van der Waals surface area contributed by atoms with E-state index in [2.05, 4.69) is 0 Å². The number of hydrogen-bond acceptors (Lipinski definition) is 9. The number of nitrogens with two attached hydrogens (primary N) is 1. The van der Waals surface area contributed by atoms with Gasteiger partial charge in [0.05, 0.1) is 52.3 Å². The number of benzene rings is 2. The monoisotopic (exact) mass is 502 g/mol. The first-order valence-corrected chi connectivity index (χ1v) is 10.2. The van der Waals surface area contributed by atoms with Gasteiger partial charge in [-0.2, -0.15) is 5.26 Å². The minimum absolute atomic E-state index is 0.0948. The average Bonchev–Trinajstić information content (AvgIpc) is 2.84. The molecule has 0 spiro atoms. The van der Waals surface area contributed by atoms with Gasteiger partial charge in [-0.25, -0.2) is 9.59 Å². The Bertz CT molecular complexity index is 1300. The lowest BCUT2D eigenvalue weighted by molar-refractivity contribution is -0.384. The van der Waals surface area contributed by atoms with Crippen LogP contribution in [0.25, 0.3) is 0 Å². The molecule has 1 heterocycles. The van der Waals surface area contributed by atoms with Gasteiger partial charge in [-0.1, -0.05) is 53.5 Å². The van der Waals surface area contributed by atoms with Crippen molar-refractivity contribution >= 4 is 46.5 Å². The van der Waals surface area contributed by atoms with Crippen molar-refractivity contribution in [2.45, 2.75) is 5.92 Å². The summed E-state index contributed by atoms with van der Waals surface area (Å²) in [5.41, 5.74) is 4.96. The zero-order valence-corrected chi connectivity index (χ0v) is 19.3. The number of anilines is 1. The fraction of sp³-hybridized carbons (Fsp3) is 0.136. The first-order chi connectivity index (χ1) is 16.2. The number of esters is 2. The van der Waals surface area contributed by atoms with Crippen LogP contribution in [0.4, 0.5) is 11.4 Å². The molecule has 2 N–H and O–H groups in total. The molecule has 0 saturated carbocycles. The molecular formula is C22H16Cl2N4O6. The number of nitro benzene ring substituents is 1. The van der Waals surface area contributed by atoms with E-state index in [0.717, 1.165) is 31.3 Å². The second kappa shape index (κ2) is 9.82. The minimum atomic E-state index is -1.12. The molecular weight excluding hydrogens is 487 g/mol. The quantitative estimate of drug-likeness (QED) is 0.365. The van der Waals surface area contributed by atoms with Crippen molar-refractivity contribution in [1.82, 2.24) is 0 Å². The second-order valence-electron chi connectivity index (χ2n) is 6.85. The number of nitrogens with zero attached hydrogens (tertiary/aromatic N) is 3. The molecule has 1 atom stereocenters. The Kier molecular flexibility index (Phi) is 7.10. The van der Waals surface area contributed by atoms with E-state index in [1.54, 1.807) is 30.3 Å². The highest BCUT2D eigenvalue weighted by molar-refractivity contribution is 6.42. The van der Waals surface area contributed by atoms with E-state index in [1.807, 2.05) is 6.07 Å². The molecule has 3 rings (SSSR count). The van der Waals surface area contributed by atoms with Crippen LogP contribution in [-0.2, 0) is 19.1 Å². The van der Waals surface area contributed by atoms with Gasteiger partial charge in [0, 0.05) is 6.07 Å². The van der Waals surface area contributed by atoms with Gasteiger partial charge < -0.3 is 15.2 Å². The Labute approximate surface area is 203 Å². The number of carbonyl (C=O) groups excluding carboxylic acids is 2. The lowest BCUT2D eigenvalue weighted by Crippen LogP contribution is -2.41. The van der Waals surface area contributed by atoms with Crippen LogP contribution in [0.3, 0.4) is 0 Å². The first kappa shape index (κ1) is 24.6. The summed E-state index contributed by atoms with van der Waals surface area (Å²) in [5.74, 6) is -3.49. The van der Waals surface area contributed by atoms with Crippen LogP contribution in [0, 0.1) is 21.4 Å². The Morgan fingerprint density at radius 2 is 1.71 bits per heavy atom. The third-order valence-corrected chi connectivity index (χ3v) is 5.79. The summed E-state index contributed by atoms with van der Waals surface area (Å²) in [6.45, 7) is 0. The number of rotatable bonds is 5. The van der Waals surface area contributed by atoms with Crippen LogP contribution in [0.5, 0.6) is 0 Å². The molecule has 0 bridgehead atoms. The van der Waals surface area contributed by atoms with Crippen molar-refractivity contribution in [3.63, 3.8) is 0 Å². The van der Waals surface area contributed by atoms with Crippen molar-refractivity contribution in [3.8, 4) is 6.07 Å². The number of nitriles is 1. The molecule has 1 unspecified atom stereocenters. The SMILES string of the molecule is COC(=O)C1=C(C(=O)OC)N(c2cc(Cl)c(Cl)cc2[N+](=O)[O-])C(N)=C(C#N)C1c1ccccc1. The molecule has 2 aromatic rings. The number of hydrogen-bond donors (Lipinski definition) is 1. The van der Waals surface area contributed by atoms with Crippen molar-refractivity contribution in [3.05, 3.63) is 90.9 Å². The first-order valence-electron chi connectivity index (χ1n) is 9.46. The average molecular weight is 503 g/mol. The van der Waals surface area contributed by atoms with Crippen molar-refractivity contribution < 1.29 is 24.0 Å². The smallest absolute Gasteiger partial charge is 0.355 e. The zero-order chi connectivity index (χ0) is 25.2. The maximum absolute atomic E-state index is 13.0. The van der Waals surface area contributed by atoms with Gasteiger partial charge in [-0.15, -0.1) is 0 Å². The van der Waals surface area contributed by atoms with Crippen LogP contribution < -0.4 is 10.6 Å². The zero-order valence-electron chi connectivity index (χ0n) is 17.7. The fourth-order valence-electron chi connectivity index (χ4n) is 3.61. The predicted molar refractivity (Wildman–Crippen MR) is 123 cm³/mol. The maximum atomic E-state index is 13.0. The summed E-state index contributed by atoms with van der Waals surface area (Å²) in [6, 6.07) is 12.3. The van der Waals surface area contributed by atoms with E-state index in [1.165, 1.54) is 0 Å². The molecule has 0 amide bonds. The van der Waals surface area contributed by atoms with Gasteiger partial charge >= 0.3 is 11.9 Å². The summed E-state index contributed by atoms with van der Waals surface area (Å²) in [5, 5.41) is 21.6. The number of ether oxygens (including phenoxy) is 2. The standard InChI is InChI=1S/C22H16Cl2N4O6/c1-33-21(29)18-17(11-6-4-3-5-7-11)12(10-25)20(26)27(19(18)22(30)34-2)15-8-13(23)14(24)9-16(15)28(31)32/h3-9,17H,26H2,1-2H3. The third kappa shape index (κ3) is 4.14. The highest BCUT2D eigenvalue weighted by atomic mass is 35.5.